The van der Waals surface area contributed by atoms with E-state index in [1.807, 2.05) is 43.1 Å². The molecule has 0 fully saturated rings. The molecule has 0 saturated carbocycles. The molecule has 0 bridgehead atoms. The molecule has 0 spiro atoms. The quantitative estimate of drug-likeness (QED) is 0.754. The predicted molar refractivity (Wildman–Crippen MR) is 66.2 cm³/mol. The number of hydrogen-bond donors (Lipinski definition) is 0. The van der Waals surface area contributed by atoms with Crippen LogP contribution in [0.2, 0.25) is 0 Å². The molecule has 1 aromatic rings. The lowest BCUT2D eigenvalue weighted by Gasteiger charge is -2.18. The van der Waals surface area contributed by atoms with Crippen LogP contribution in [0.5, 0.6) is 11.5 Å². The van der Waals surface area contributed by atoms with Crippen LogP contribution < -0.4 is 9.47 Å². The fourth-order valence-electron chi connectivity index (χ4n) is 1.27. The number of methoxy groups -OCH3 is 1. The van der Waals surface area contributed by atoms with Gasteiger partial charge >= 0.3 is 0 Å². The van der Waals surface area contributed by atoms with Gasteiger partial charge in [0.2, 0.25) is 0 Å². The highest BCUT2D eigenvalue weighted by Crippen LogP contribution is 2.16. The highest BCUT2D eigenvalue weighted by Gasteiger charge is 2.06. The third kappa shape index (κ3) is 4.33. The van der Waals surface area contributed by atoms with E-state index < -0.39 is 0 Å². The molecule has 4 heteroatoms. The van der Waals surface area contributed by atoms with Crippen molar-refractivity contribution in [3.63, 3.8) is 0 Å². The molecule has 0 aromatic heterocycles. The van der Waals surface area contributed by atoms with Gasteiger partial charge in [-0.05, 0) is 38.2 Å². The van der Waals surface area contributed by atoms with Crippen LogP contribution in [0, 0.1) is 11.3 Å². The first-order valence-electron chi connectivity index (χ1n) is 5.54. The van der Waals surface area contributed by atoms with Crippen molar-refractivity contribution in [3.05, 3.63) is 24.3 Å². The van der Waals surface area contributed by atoms with Crippen LogP contribution in [0.4, 0.5) is 0 Å². The molecule has 0 heterocycles. The Morgan fingerprint density at radius 2 is 1.88 bits per heavy atom. The summed E-state index contributed by atoms with van der Waals surface area (Å²) in [5.74, 6) is 1.62. The van der Waals surface area contributed by atoms with E-state index >= 15 is 0 Å². The Labute approximate surface area is 102 Å². The summed E-state index contributed by atoms with van der Waals surface area (Å²) in [6.07, 6.45) is 0. The van der Waals surface area contributed by atoms with E-state index in [1.54, 1.807) is 7.11 Å². The van der Waals surface area contributed by atoms with E-state index in [4.69, 9.17) is 14.7 Å². The maximum atomic E-state index is 8.73. The van der Waals surface area contributed by atoms with Crippen LogP contribution in [-0.4, -0.2) is 38.3 Å². The van der Waals surface area contributed by atoms with Gasteiger partial charge in [-0.15, -0.1) is 0 Å². The predicted octanol–water partition coefficient (Wildman–Crippen LogP) is 1.92. The Kier molecular flexibility index (Phi) is 5.31. The van der Waals surface area contributed by atoms with Crippen LogP contribution in [0.3, 0.4) is 0 Å². The summed E-state index contributed by atoms with van der Waals surface area (Å²) < 4.78 is 10.6. The van der Waals surface area contributed by atoms with Gasteiger partial charge in [0.1, 0.15) is 18.1 Å². The first-order chi connectivity index (χ1) is 8.17. The highest BCUT2D eigenvalue weighted by atomic mass is 16.5. The van der Waals surface area contributed by atoms with Crippen LogP contribution in [0.1, 0.15) is 6.92 Å². The van der Waals surface area contributed by atoms with Gasteiger partial charge in [-0.1, -0.05) is 0 Å². The minimum Gasteiger partial charge on any atom is -0.497 e. The molecule has 92 valence electrons. The van der Waals surface area contributed by atoms with Crippen molar-refractivity contribution in [1.29, 1.82) is 5.26 Å². The summed E-state index contributed by atoms with van der Waals surface area (Å²) in [5, 5.41) is 8.73. The molecule has 0 amide bonds. The first kappa shape index (κ1) is 13.3. The van der Waals surface area contributed by atoms with Crippen LogP contribution in [0.15, 0.2) is 24.3 Å². The second-order valence-electron chi connectivity index (χ2n) is 3.81. The molecule has 1 atom stereocenters. The Morgan fingerprint density at radius 3 is 2.41 bits per heavy atom. The fraction of sp³-hybridized carbons (Fsp3) is 0.462. The van der Waals surface area contributed by atoms with Crippen molar-refractivity contribution >= 4 is 0 Å². The third-order valence-corrected chi connectivity index (χ3v) is 2.62. The minimum absolute atomic E-state index is 0.0885. The summed E-state index contributed by atoms with van der Waals surface area (Å²) in [7, 11) is 3.54. The van der Waals surface area contributed by atoms with Gasteiger partial charge in [-0.25, -0.2) is 0 Å². The van der Waals surface area contributed by atoms with E-state index in [2.05, 4.69) is 6.07 Å². The standard InChI is InChI=1S/C13H18N2O2/c1-11(10-14)15(2)8-9-17-13-6-4-12(16-3)5-7-13/h4-7,11H,8-9H2,1-3H3. The van der Waals surface area contributed by atoms with Crippen LogP contribution in [0.25, 0.3) is 0 Å². The largest absolute Gasteiger partial charge is 0.497 e. The van der Waals surface area contributed by atoms with Crippen molar-refractivity contribution < 1.29 is 9.47 Å². The number of ether oxygens (including phenoxy) is 2. The van der Waals surface area contributed by atoms with Gasteiger partial charge in [0.25, 0.3) is 0 Å². The molecule has 0 aliphatic heterocycles. The van der Waals surface area contributed by atoms with Gasteiger partial charge in [0.15, 0.2) is 0 Å². The molecule has 1 aromatic carbocycles. The zero-order chi connectivity index (χ0) is 12.7. The lowest BCUT2D eigenvalue weighted by molar-refractivity contribution is 0.222. The second-order valence-corrected chi connectivity index (χ2v) is 3.81. The summed E-state index contributed by atoms with van der Waals surface area (Å²) in [6.45, 7) is 3.16. The SMILES string of the molecule is COc1ccc(OCCN(C)C(C)C#N)cc1. The van der Waals surface area contributed by atoms with Gasteiger partial charge < -0.3 is 9.47 Å². The van der Waals surface area contributed by atoms with E-state index in [1.165, 1.54) is 0 Å². The summed E-state index contributed by atoms with van der Waals surface area (Å²) >= 11 is 0. The molecule has 0 saturated heterocycles. The number of nitrogens with zero attached hydrogens (tertiary/aromatic N) is 2. The topological polar surface area (TPSA) is 45.5 Å². The smallest absolute Gasteiger partial charge is 0.119 e. The zero-order valence-electron chi connectivity index (χ0n) is 10.5. The molecular weight excluding hydrogens is 216 g/mol. The Bertz CT molecular complexity index is 370. The Hall–Kier alpha value is -1.73. The molecule has 0 N–H and O–H groups in total. The molecule has 4 nitrogen and oxygen atoms in total. The monoisotopic (exact) mass is 234 g/mol. The number of benzene rings is 1. The van der Waals surface area contributed by atoms with Crippen molar-refractivity contribution in [2.24, 2.45) is 0 Å². The highest BCUT2D eigenvalue weighted by molar-refractivity contribution is 5.31. The van der Waals surface area contributed by atoms with Gasteiger partial charge in [-0.2, -0.15) is 5.26 Å². The van der Waals surface area contributed by atoms with E-state index in [-0.39, 0.29) is 6.04 Å². The molecule has 1 unspecified atom stereocenters. The lowest BCUT2D eigenvalue weighted by atomic mass is 10.3. The van der Waals surface area contributed by atoms with Gasteiger partial charge in [0.05, 0.1) is 19.2 Å². The zero-order valence-corrected chi connectivity index (χ0v) is 10.5. The summed E-state index contributed by atoms with van der Waals surface area (Å²) in [6, 6.07) is 9.55. The first-order valence-corrected chi connectivity index (χ1v) is 5.54. The molecule has 0 aliphatic rings. The van der Waals surface area contributed by atoms with Crippen LogP contribution in [-0.2, 0) is 0 Å². The molecule has 0 radical (unpaired) electrons. The fourth-order valence-corrected chi connectivity index (χ4v) is 1.27. The average molecular weight is 234 g/mol. The maximum Gasteiger partial charge on any atom is 0.119 e. The van der Waals surface area contributed by atoms with Crippen molar-refractivity contribution in [2.75, 3.05) is 27.3 Å². The summed E-state index contributed by atoms with van der Waals surface area (Å²) in [5.41, 5.74) is 0. The average Bonchev–Trinajstić information content (AvgIpc) is 2.38. The van der Waals surface area contributed by atoms with Gasteiger partial charge in [-0.3, -0.25) is 4.90 Å². The van der Waals surface area contributed by atoms with Gasteiger partial charge in [0, 0.05) is 6.54 Å². The summed E-state index contributed by atoms with van der Waals surface area (Å²) in [4.78, 5) is 1.95. The molecule has 1 rings (SSSR count). The molecule has 0 aliphatic carbocycles. The molecule has 17 heavy (non-hydrogen) atoms. The minimum atomic E-state index is -0.0885. The second kappa shape index (κ2) is 6.77. The Balaban J connectivity index is 2.33. The van der Waals surface area contributed by atoms with E-state index in [9.17, 15) is 0 Å². The number of nitriles is 1. The number of rotatable bonds is 6. The maximum absolute atomic E-state index is 8.73. The van der Waals surface area contributed by atoms with E-state index in [0.29, 0.717) is 6.61 Å². The van der Waals surface area contributed by atoms with Crippen molar-refractivity contribution in [1.82, 2.24) is 4.90 Å². The normalized spacial score (nSPS) is 11.9. The Morgan fingerprint density at radius 1 is 1.29 bits per heavy atom. The van der Waals surface area contributed by atoms with Crippen LogP contribution >= 0.6 is 0 Å². The third-order valence-electron chi connectivity index (χ3n) is 2.62. The number of hydrogen-bond acceptors (Lipinski definition) is 4. The van der Waals surface area contributed by atoms with Crippen molar-refractivity contribution in [3.8, 4) is 17.6 Å². The van der Waals surface area contributed by atoms with E-state index in [0.717, 1.165) is 18.0 Å². The molecular formula is C13H18N2O2. The number of likely N-dealkylation sites (N-methyl/N-ethyl adjacent to an activating group) is 1. The lowest BCUT2D eigenvalue weighted by Crippen LogP contribution is -2.31. The van der Waals surface area contributed by atoms with Crippen molar-refractivity contribution in [2.45, 2.75) is 13.0 Å².